The standard InChI is InChI=1S/C22H15N3O4/c26-20-11-10-16(14-18(20)22-24-19-8-1-2-9-21(19)29-22)23-12-4-6-15-5-3-7-17(13-15)25(27)28/h1-14,26H. The summed E-state index contributed by atoms with van der Waals surface area (Å²) in [5.74, 6) is 0.357. The van der Waals surface area contributed by atoms with Crippen molar-refractivity contribution >= 4 is 34.8 Å². The average Bonchev–Trinajstić information content (AvgIpc) is 3.16. The van der Waals surface area contributed by atoms with Gasteiger partial charge in [-0.05, 0) is 42.0 Å². The van der Waals surface area contributed by atoms with Gasteiger partial charge in [0.15, 0.2) is 5.58 Å². The van der Waals surface area contributed by atoms with Gasteiger partial charge in [0.2, 0.25) is 5.89 Å². The van der Waals surface area contributed by atoms with E-state index in [9.17, 15) is 15.2 Å². The van der Waals surface area contributed by atoms with Crippen LogP contribution in [0.25, 0.3) is 28.6 Å². The number of phenols is 1. The van der Waals surface area contributed by atoms with Crippen molar-refractivity contribution in [2.45, 2.75) is 0 Å². The maximum absolute atomic E-state index is 10.8. The second-order valence-corrected chi connectivity index (χ2v) is 6.18. The van der Waals surface area contributed by atoms with Crippen molar-refractivity contribution in [3.05, 3.63) is 88.5 Å². The molecule has 0 spiro atoms. The van der Waals surface area contributed by atoms with Crippen molar-refractivity contribution < 1.29 is 14.4 Å². The number of oxazole rings is 1. The molecule has 0 saturated carbocycles. The molecule has 1 heterocycles. The van der Waals surface area contributed by atoms with Gasteiger partial charge in [-0.25, -0.2) is 4.98 Å². The van der Waals surface area contributed by atoms with Gasteiger partial charge in [0.05, 0.1) is 16.2 Å². The van der Waals surface area contributed by atoms with Crippen molar-refractivity contribution in [3.8, 4) is 17.2 Å². The molecule has 4 rings (SSSR count). The Kier molecular flexibility index (Phi) is 4.86. The number of nitro groups is 1. The molecule has 7 heteroatoms. The van der Waals surface area contributed by atoms with Crippen LogP contribution >= 0.6 is 0 Å². The van der Waals surface area contributed by atoms with Crippen LogP contribution < -0.4 is 0 Å². The molecule has 0 saturated heterocycles. The van der Waals surface area contributed by atoms with E-state index in [2.05, 4.69) is 9.98 Å². The predicted octanol–water partition coefficient (Wildman–Crippen LogP) is 5.52. The fourth-order valence-corrected chi connectivity index (χ4v) is 2.79. The van der Waals surface area contributed by atoms with Gasteiger partial charge in [0.1, 0.15) is 11.3 Å². The van der Waals surface area contributed by atoms with E-state index in [0.29, 0.717) is 33.8 Å². The van der Waals surface area contributed by atoms with Crippen molar-refractivity contribution in [1.82, 2.24) is 4.98 Å². The zero-order valence-corrected chi connectivity index (χ0v) is 15.1. The second kappa shape index (κ2) is 7.77. The summed E-state index contributed by atoms with van der Waals surface area (Å²) in [6, 6.07) is 18.5. The Morgan fingerprint density at radius 2 is 1.93 bits per heavy atom. The number of aromatic hydroxyl groups is 1. The lowest BCUT2D eigenvalue weighted by Crippen LogP contribution is -1.87. The highest BCUT2D eigenvalue weighted by Crippen LogP contribution is 2.33. The third-order valence-corrected chi connectivity index (χ3v) is 4.18. The summed E-state index contributed by atoms with van der Waals surface area (Å²) in [4.78, 5) is 19.1. The van der Waals surface area contributed by atoms with Gasteiger partial charge in [0.25, 0.3) is 5.69 Å². The SMILES string of the molecule is O=[N+]([O-])c1cccc(C=CC=Nc2ccc(O)c(-c3nc4ccccc4o3)c2)c1. The predicted molar refractivity (Wildman–Crippen MR) is 111 cm³/mol. The molecule has 1 aromatic heterocycles. The van der Waals surface area contributed by atoms with Gasteiger partial charge in [-0.1, -0.05) is 30.3 Å². The van der Waals surface area contributed by atoms with E-state index in [-0.39, 0.29) is 11.4 Å². The summed E-state index contributed by atoms with van der Waals surface area (Å²) in [6.07, 6.45) is 4.98. The number of aromatic nitrogens is 1. The molecule has 7 nitrogen and oxygen atoms in total. The highest BCUT2D eigenvalue weighted by atomic mass is 16.6. The number of allylic oxidation sites excluding steroid dienone is 1. The normalized spacial score (nSPS) is 11.6. The van der Waals surface area contributed by atoms with Crippen LogP contribution in [-0.4, -0.2) is 21.2 Å². The van der Waals surface area contributed by atoms with Crippen LogP contribution in [0.15, 0.2) is 82.2 Å². The van der Waals surface area contributed by atoms with Gasteiger partial charge in [-0.2, -0.15) is 0 Å². The minimum absolute atomic E-state index is 0.0330. The number of phenolic OH excluding ortho intramolecular Hbond substituents is 1. The lowest BCUT2D eigenvalue weighted by Gasteiger charge is -2.01. The van der Waals surface area contributed by atoms with Gasteiger partial charge < -0.3 is 9.52 Å². The van der Waals surface area contributed by atoms with Crippen LogP contribution in [0, 0.1) is 10.1 Å². The summed E-state index contributed by atoms with van der Waals surface area (Å²) in [6.45, 7) is 0. The monoisotopic (exact) mass is 385 g/mol. The van der Waals surface area contributed by atoms with E-state index >= 15 is 0 Å². The number of aliphatic imine (C=N–C) groups is 1. The molecular weight excluding hydrogens is 370 g/mol. The molecule has 0 radical (unpaired) electrons. The van der Waals surface area contributed by atoms with Gasteiger partial charge in [-0.15, -0.1) is 0 Å². The quantitative estimate of drug-likeness (QED) is 0.277. The van der Waals surface area contributed by atoms with E-state index in [1.807, 2.05) is 24.3 Å². The zero-order chi connectivity index (χ0) is 20.2. The fourth-order valence-electron chi connectivity index (χ4n) is 2.79. The molecule has 0 unspecified atom stereocenters. The van der Waals surface area contributed by atoms with E-state index in [4.69, 9.17) is 4.42 Å². The van der Waals surface area contributed by atoms with E-state index < -0.39 is 4.92 Å². The third-order valence-electron chi connectivity index (χ3n) is 4.18. The Bertz CT molecular complexity index is 1220. The number of para-hydroxylation sites is 2. The minimum atomic E-state index is -0.435. The van der Waals surface area contributed by atoms with Crippen LogP contribution in [0.2, 0.25) is 0 Å². The number of hydrogen-bond acceptors (Lipinski definition) is 6. The maximum Gasteiger partial charge on any atom is 0.270 e. The molecule has 4 aromatic rings. The van der Waals surface area contributed by atoms with Crippen LogP contribution in [0.3, 0.4) is 0 Å². The lowest BCUT2D eigenvalue weighted by molar-refractivity contribution is -0.384. The van der Waals surface area contributed by atoms with Crippen LogP contribution in [0.5, 0.6) is 5.75 Å². The lowest BCUT2D eigenvalue weighted by atomic mass is 10.1. The Morgan fingerprint density at radius 1 is 1.07 bits per heavy atom. The van der Waals surface area contributed by atoms with Crippen LogP contribution in [0.4, 0.5) is 11.4 Å². The van der Waals surface area contributed by atoms with Gasteiger partial charge >= 0.3 is 0 Å². The molecule has 0 amide bonds. The van der Waals surface area contributed by atoms with Gasteiger partial charge in [-0.3, -0.25) is 15.1 Å². The number of rotatable bonds is 5. The summed E-state index contributed by atoms with van der Waals surface area (Å²) in [5.41, 5.74) is 3.11. The molecule has 0 aliphatic heterocycles. The fraction of sp³-hybridized carbons (Fsp3) is 0. The first-order valence-corrected chi connectivity index (χ1v) is 8.74. The van der Waals surface area contributed by atoms with E-state index in [1.165, 1.54) is 18.2 Å². The minimum Gasteiger partial charge on any atom is -0.507 e. The first-order chi connectivity index (χ1) is 14.1. The van der Waals surface area contributed by atoms with Crippen LogP contribution in [-0.2, 0) is 0 Å². The first kappa shape index (κ1) is 18.1. The Hall–Kier alpha value is -4.26. The molecule has 0 fully saturated rings. The second-order valence-electron chi connectivity index (χ2n) is 6.18. The van der Waals surface area contributed by atoms with Crippen molar-refractivity contribution in [2.24, 2.45) is 4.99 Å². The number of benzene rings is 3. The highest BCUT2D eigenvalue weighted by molar-refractivity contribution is 5.82. The summed E-state index contributed by atoms with van der Waals surface area (Å²) < 4.78 is 5.71. The third kappa shape index (κ3) is 4.03. The molecule has 3 aromatic carbocycles. The van der Waals surface area contributed by atoms with Gasteiger partial charge in [0, 0.05) is 18.3 Å². The van der Waals surface area contributed by atoms with E-state index in [1.54, 1.807) is 42.6 Å². The van der Waals surface area contributed by atoms with E-state index in [0.717, 1.165) is 0 Å². The molecule has 1 N–H and O–H groups in total. The molecule has 29 heavy (non-hydrogen) atoms. The average molecular weight is 385 g/mol. The number of nitro benzene ring substituents is 1. The molecule has 0 bridgehead atoms. The number of nitrogens with zero attached hydrogens (tertiary/aromatic N) is 3. The van der Waals surface area contributed by atoms with Crippen molar-refractivity contribution in [3.63, 3.8) is 0 Å². The highest BCUT2D eigenvalue weighted by Gasteiger charge is 2.12. The Morgan fingerprint density at radius 3 is 2.76 bits per heavy atom. The first-order valence-electron chi connectivity index (χ1n) is 8.74. The summed E-state index contributed by atoms with van der Waals surface area (Å²) in [5, 5.41) is 21.0. The number of hydrogen-bond donors (Lipinski definition) is 1. The Balaban J connectivity index is 1.56. The molecule has 142 valence electrons. The largest absolute Gasteiger partial charge is 0.507 e. The van der Waals surface area contributed by atoms with Crippen molar-refractivity contribution in [1.29, 1.82) is 0 Å². The zero-order valence-electron chi connectivity index (χ0n) is 15.1. The number of fused-ring (bicyclic) bond motifs is 1. The molecule has 0 aliphatic carbocycles. The van der Waals surface area contributed by atoms with Crippen molar-refractivity contribution in [2.75, 3.05) is 0 Å². The molecule has 0 atom stereocenters. The number of non-ortho nitro benzene ring substituents is 1. The topological polar surface area (TPSA) is 102 Å². The maximum atomic E-state index is 10.8. The molecular formula is C22H15N3O4. The summed E-state index contributed by atoms with van der Waals surface area (Å²) >= 11 is 0. The smallest absolute Gasteiger partial charge is 0.270 e. The Labute approximate surface area is 165 Å². The van der Waals surface area contributed by atoms with Crippen LogP contribution in [0.1, 0.15) is 5.56 Å². The summed E-state index contributed by atoms with van der Waals surface area (Å²) in [7, 11) is 0. The molecule has 0 aliphatic rings.